The van der Waals surface area contributed by atoms with Gasteiger partial charge in [0.05, 0.1) is 6.10 Å². The molecule has 29 heavy (non-hydrogen) atoms. The summed E-state index contributed by atoms with van der Waals surface area (Å²) in [6.07, 6.45) is 10.00. The highest BCUT2D eigenvalue weighted by Gasteiger charge is 2.62. The number of aliphatic hydroxyl groups excluding tert-OH is 1. The van der Waals surface area contributed by atoms with Crippen molar-refractivity contribution < 1.29 is 19.8 Å². The molecule has 0 saturated heterocycles. The lowest BCUT2D eigenvalue weighted by atomic mass is 9.43. The van der Waals surface area contributed by atoms with Crippen LogP contribution in [-0.2, 0) is 9.59 Å². The molecule has 4 aliphatic rings. The Labute approximate surface area is 175 Å². The summed E-state index contributed by atoms with van der Waals surface area (Å²) in [7, 11) is 0. The molecule has 4 aliphatic carbocycles. The van der Waals surface area contributed by atoms with Crippen molar-refractivity contribution in [2.75, 3.05) is 0 Å². The minimum atomic E-state index is -0.694. The summed E-state index contributed by atoms with van der Waals surface area (Å²) < 4.78 is 0. The lowest BCUT2D eigenvalue weighted by Crippen LogP contribution is -2.58. The molecule has 0 spiro atoms. The van der Waals surface area contributed by atoms with Gasteiger partial charge < -0.3 is 10.2 Å². The van der Waals surface area contributed by atoms with Crippen LogP contribution in [0.1, 0.15) is 91.4 Å². The lowest BCUT2D eigenvalue weighted by molar-refractivity contribution is -0.167. The topological polar surface area (TPSA) is 74.6 Å². The standard InChI is InChI=1S/C25H40O4/c1-4-15(5-8-23(28)29)16-9-11-24(2)19-10-12-25(3)18(6-7-22(25)27)17(19)14-21(26)20(24)13-16/h15-21,26H,4-14H2,1-3H3,(H,28,29)/t15?,16?,17-,18-,19-,20?,21+,24+,25-/m0/s1. The number of rotatable bonds is 5. The minimum absolute atomic E-state index is 0.134. The number of hydrogen-bond donors (Lipinski definition) is 2. The van der Waals surface area contributed by atoms with E-state index in [-0.39, 0.29) is 23.4 Å². The molecule has 4 heteroatoms. The van der Waals surface area contributed by atoms with Crippen LogP contribution in [0.2, 0.25) is 0 Å². The fourth-order valence-electron chi connectivity index (χ4n) is 8.61. The smallest absolute Gasteiger partial charge is 0.303 e. The van der Waals surface area contributed by atoms with Crippen molar-refractivity contribution in [1.82, 2.24) is 0 Å². The van der Waals surface area contributed by atoms with Crippen LogP contribution in [0.5, 0.6) is 0 Å². The summed E-state index contributed by atoms with van der Waals surface area (Å²) in [6.45, 7) is 6.83. The molecule has 0 aromatic carbocycles. The van der Waals surface area contributed by atoms with Gasteiger partial charge in [0.25, 0.3) is 0 Å². The van der Waals surface area contributed by atoms with Gasteiger partial charge in [-0.05, 0) is 92.3 Å². The lowest BCUT2D eigenvalue weighted by Gasteiger charge is -2.62. The van der Waals surface area contributed by atoms with Crippen molar-refractivity contribution >= 4 is 11.8 Å². The highest BCUT2D eigenvalue weighted by atomic mass is 16.4. The Morgan fingerprint density at radius 2 is 1.86 bits per heavy atom. The zero-order valence-electron chi connectivity index (χ0n) is 18.5. The van der Waals surface area contributed by atoms with Gasteiger partial charge in [-0.25, -0.2) is 0 Å². The number of ketones is 1. The van der Waals surface area contributed by atoms with Crippen LogP contribution >= 0.6 is 0 Å². The number of carboxylic acids is 1. The maximum Gasteiger partial charge on any atom is 0.303 e. The van der Waals surface area contributed by atoms with E-state index in [1.807, 2.05) is 0 Å². The number of carboxylic acid groups (broad SMARTS) is 1. The number of carbonyl (C=O) groups excluding carboxylic acids is 1. The third kappa shape index (κ3) is 3.38. The van der Waals surface area contributed by atoms with E-state index in [2.05, 4.69) is 20.8 Å². The fourth-order valence-corrected chi connectivity index (χ4v) is 8.61. The number of aliphatic carboxylic acids is 1. The molecule has 4 rings (SSSR count). The van der Waals surface area contributed by atoms with Gasteiger partial charge in [0.15, 0.2) is 0 Å². The summed E-state index contributed by atoms with van der Waals surface area (Å²) in [5.74, 6) is 2.73. The van der Waals surface area contributed by atoms with E-state index in [0.717, 1.165) is 57.8 Å². The van der Waals surface area contributed by atoms with Crippen LogP contribution < -0.4 is 0 Å². The zero-order chi connectivity index (χ0) is 21.0. The second kappa shape index (κ2) is 7.66. The molecule has 4 fully saturated rings. The number of aliphatic hydroxyl groups is 1. The van der Waals surface area contributed by atoms with E-state index < -0.39 is 5.97 Å². The average Bonchev–Trinajstić information content (AvgIpc) is 2.98. The van der Waals surface area contributed by atoms with Gasteiger partial charge in [0.2, 0.25) is 0 Å². The summed E-state index contributed by atoms with van der Waals surface area (Å²) in [5, 5.41) is 20.4. The predicted molar refractivity (Wildman–Crippen MR) is 112 cm³/mol. The molecule has 4 saturated carbocycles. The minimum Gasteiger partial charge on any atom is -0.481 e. The molecule has 0 bridgehead atoms. The van der Waals surface area contributed by atoms with E-state index in [4.69, 9.17) is 5.11 Å². The van der Waals surface area contributed by atoms with Crippen LogP contribution in [0.15, 0.2) is 0 Å². The third-order valence-electron chi connectivity index (χ3n) is 10.3. The largest absolute Gasteiger partial charge is 0.481 e. The predicted octanol–water partition coefficient (Wildman–Crippen LogP) is 5.08. The van der Waals surface area contributed by atoms with Gasteiger partial charge >= 0.3 is 5.97 Å². The number of fused-ring (bicyclic) bond motifs is 5. The summed E-state index contributed by atoms with van der Waals surface area (Å²) >= 11 is 0. The fraction of sp³-hybridized carbons (Fsp3) is 0.920. The Bertz CT molecular complexity index is 659. The maximum absolute atomic E-state index is 12.6. The normalized spacial score (nSPS) is 47.8. The molecule has 9 atom stereocenters. The Kier molecular flexibility index (Phi) is 5.63. The average molecular weight is 405 g/mol. The Hall–Kier alpha value is -0.900. The van der Waals surface area contributed by atoms with Crippen LogP contribution in [0, 0.1) is 46.3 Å². The van der Waals surface area contributed by atoms with E-state index in [9.17, 15) is 14.7 Å². The number of carbonyl (C=O) groups is 2. The number of Topliss-reactive ketones (excluding diaryl/α,β-unsaturated/α-hetero) is 1. The SMILES string of the molecule is CCC(CCC(=O)O)C1CC[C@@]2(C)C(C1)[C@H](O)C[C@@H]1[C@@H]2CC[C@]2(C)C(=O)CC[C@@H]12. The van der Waals surface area contributed by atoms with Crippen molar-refractivity contribution in [2.45, 2.75) is 97.5 Å². The molecule has 164 valence electrons. The van der Waals surface area contributed by atoms with Crippen molar-refractivity contribution in [2.24, 2.45) is 46.3 Å². The van der Waals surface area contributed by atoms with Crippen LogP contribution in [0.3, 0.4) is 0 Å². The van der Waals surface area contributed by atoms with Gasteiger partial charge in [-0.2, -0.15) is 0 Å². The molecular weight excluding hydrogens is 364 g/mol. The van der Waals surface area contributed by atoms with Gasteiger partial charge in [-0.1, -0.05) is 27.2 Å². The van der Waals surface area contributed by atoms with Gasteiger partial charge in [-0.3, -0.25) is 9.59 Å². The monoisotopic (exact) mass is 404 g/mol. The molecule has 0 heterocycles. The Morgan fingerprint density at radius 1 is 1.10 bits per heavy atom. The van der Waals surface area contributed by atoms with Crippen molar-refractivity contribution in [3.8, 4) is 0 Å². The first-order valence-corrected chi connectivity index (χ1v) is 12.1. The zero-order valence-corrected chi connectivity index (χ0v) is 18.5. The summed E-state index contributed by atoms with van der Waals surface area (Å²) in [5.41, 5.74) is 0.0440. The molecule has 2 N–H and O–H groups in total. The molecule has 0 radical (unpaired) electrons. The van der Waals surface area contributed by atoms with E-state index in [1.165, 1.54) is 6.42 Å². The van der Waals surface area contributed by atoms with Gasteiger partial charge in [-0.15, -0.1) is 0 Å². The second-order valence-electron chi connectivity index (χ2n) is 11.3. The van der Waals surface area contributed by atoms with Crippen molar-refractivity contribution in [1.29, 1.82) is 0 Å². The summed E-state index contributed by atoms with van der Waals surface area (Å²) in [6, 6.07) is 0. The first-order chi connectivity index (χ1) is 13.7. The van der Waals surface area contributed by atoms with Crippen LogP contribution in [0.4, 0.5) is 0 Å². The van der Waals surface area contributed by atoms with E-state index >= 15 is 0 Å². The van der Waals surface area contributed by atoms with Crippen LogP contribution in [-0.4, -0.2) is 28.1 Å². The third-order valence-corrected chi connectivity index (χ3v) is 10.3. The quantitative estimate of drug-likeness (QED) is 0.670. The Morgan fingerprint density at radius 3 is 2.55 bits per heavy atom. The Balaban J connectivity index is 1.52. The van der Waals surface area contributed by atoms with Crippen LogP contribution in [0.25, 0.3) is 0 Å². The molecule has 0 amide bonds. The number of hydrogen-bond acceptors (Lipinski definition) is 3. The molecule has 0 aromatic rings. The van der Waals surface area contributed by atoms with Crippen molar-refractivity contribution in [3.05, 3.63) is 0 Å². The highest BCUT2D eigenvalue weighted by molar-refractivity contribution is 5.87. The van der Waals surface area contributed by atoms with Gasteiger partial charge in [0, 0.05) is 18.3 Å². The highest BCUT2D eigenvalue weighted by Crippen LogP contribution is 2.66. The first-order valence-electron chi connectivity index (χ1n) is 12.1. The second-order valence-corrected chi connectivity index (χ2v) is 11.3. The molecule has 3 unspecified atom stereocenters. The molecule has 4 nitrogen and oxygen atoms in total. The molecule has 0 aliphatic heterocycles. The molecular formula is C25H40O4. The first kappa shape index (κ1) is 21.3. The maximum atomic E-state index is 12.6. The molecule has 0 aromatic heterocycles. The van der Waals surface area contributed by atoms with E-state index in [1.54, 1.807) is 0 Å². The van der Waals surface area contributed by atoms with E-state index in [0.29, 0.717) is 41.3 Å². The summed E-state index contributed by atoms with van der Waals surface area (Å²) in [4.78, 5) is 23.7. The van der Waals surface area contributed by atoms with Gasteiger partial charge in [0.1, 0.15) is 5.78 Å². The van der Waals surface area contributed by atoms with Crippen molar-refractivity contribution in [3.63, 3.8) is 0 Å².